The van der Waals surface area contributed by atoms with Crippen molar-refractivity contribution in [2.75, 3.05) is 20.1 Å². The van der Waals surface area contributed by atoms with Crippen LogP contribution in [0.4, 0.5) is 0 Å². The van der Waals surface area contributed by atoms with Gasteiger partial charge in [0.1, 0.15) is 17.4 Å². The van der Waals surface area contributed by atoms with Gasteiger partial charge >= 0.3 is 0 Å². The summed E-state index contributed by atoms with van der Waals surface area (Å²) in [5.41, 5.74) is 8.76. The molecule has 0 unspecified atom stereocenters. The fraction of sp³-hybridized carbons (Fsp3) is 0.250. The highest BCUT2D eigenvalue weighted by molar-refractivity contribution is 7.13. The molecule has 4 nitrogen and oxygen atoms in total. The van der Waals surface area contributed by atoms with Crippen molar-refractivity contribution >= 4 is 47.8 Å². The number of hydrogen-bond donors (Lipinski definition) is 1. The van der Waals surface area contributed by atoms with Crippen molar-refractivity contribution in [3.8, 4) is 16.3 Å². The molecule has 2 N–H and O–H groups in total. The van der Waals surface area contributed by atoms with E-state index in [1.165, 1.54) is 0 Å². The summed E-state index contributed by atoms with van der Waals surface area (Å²) in [5.74, 6) is 0.886. The highest BCUT2D eigenvalue weighted by Crippen LogP contribution is 2.30. The molecule has 0 spiro atoms. The zero-order chi connectivity index (χ0) is 18.4. The second kappa shape index (κ2) is 12.3. The van der Waals surface area contributed by atoms with Gasteiger partial charge in [-0.25, -0.2) is 4.98 Å². The van der Waals surface area contributed by atoms with Gasteiger partial charge in [-0.2, -0.15) is 0 Å². The first-order valence-electron chi connectivity index (χ1n) is 8.45. The lowest BCUT2D eigenvalue weighted by Gasteiger charge is -2.18. The molecule has 0 amide bonds. The van der Waals surface area contributed by atoms with E-state index in [2.05, 4.69) is 23.0 Å². The molecule has 0 radical (unpaired) electrons. The van der Waals surface area contributed by atoms with E-state index in [1.807, 2.05) is 41.8 Å². The minimum atomic E-state index is 0. The molecule has 8 heteroatoms. The lowest BCUT2D eigenvalue weighted by molar-refractivity contribution is 0.287. The van der Waals surface area contributed by atoms with Crippen LogP contribution < -0.4 is 10.5 Å². The Morgan fingerprint density at radius 2 is 1.96 bits per heavy atom. The van der Waals surface area contributed by atoms with Gasteiger partial charge in [0.05, 0.1) is 5.02 Å². The summed E-state index contributed by atoms with van der Waals surface area (Å²) in [7, 11) is 2.06. The second-order valence-corrected chi connectivity index (χ2v) is 7.38. The monoisotopic (exact) mass is 459 g/mol. The molecule has 0 saturated carbocycles. The van der Waals surface area contributed by atoms with Crippen molar-refractivity contribution < 1.29 is 4.74 Å². The van der Waals surface area contributed by atoms with Crippen LogP contribution in [0.5, 0.6) is 5.75 Å². The summed E-state index contributed by atoms with van der Waals surface area (Å²) in [6.07, 6.45) is 1.78. The summed E-state index contributed by atoms with van der Waals surface area (Å²) in [5, 5.41) is 3.56. The van der Waals surface area contributed by atoms with Crippen LogP contribution in [0.1, 0.15) is 11.1 Å². The summed E-state index contributed by atoms with van der Waals surface area (Å²) < 4.78 is 6.06. The Hall–Kier alpha value is -1.34. The number of rotatable bonds is 8. The van der Waals surface area contributed by atoms with Crippen LogP contribution in [-0.2, 0) is 13.2 Å². The molecular weight excluding hydrogens is 437 g/mol. The largest absolute Gasteiger partial charge is 0.489 e. The second-order valence-electron chi connectivity index (χ2n) is 6.07. The van der Waals surface area contributed by atoms with Crippen molar-refractivity contribution in [1.82, 2.24) is 9.88 Å². The van der Waals surface area contributed by atoms with Crippen molar-refractivity contribution in [2.24, 2.45) is 5.73 Å². The number of likely N-dealkylation sites (N-methyl/N-ethyl adjacent to an activating group) is 1. The summed E-state index contributed by atoms with van der Waals surface area (Å²) in [6, 6.07) is 14.1. The minimum absolute atomic E-state index is 0. The Balaban J connectivity index is 0.00000196. The molecule has 2 aromatic carbocycles. The lowest BCUT2D eigenvalue weighted by Crippen LogP contribution is -2.25. The smallest absolute Gasteiger partial charge is 0.124 e. The Morgan fingerprint density at radius 1 is 1.18 bits per heavy atom. The third kappa shape index (κ3) is 6.62. The molecule has 0 bridgehead atoms. The van der Waals surface area contributed by atoms with E-state index in [0.717, 1.165) is 40.5 Å². The van der Waals surface area contributed by atoms with Crippen LogP contribution in [-0.4, -0.2) is 30.0 Å². The molecule has 0 fully saturated rings. The van der Waals surface area contributed by atoms with Crippen LogP contribution in [0, 0.1) is 0 Å². The molecule has 0 atom stereocenters. The zero-order valence-electron chi connectivity index (χ0n) is 15.5. The highest BCUT2D eigenvalue weighted by atomic mass is 35.5. The molecular formula is C20H24Cl3N3OS. The van der Waals surface area contributed by atoms with Crippen LogP contribution in [0.2, 0.25) is 5.02 Å². The first-order chi connectivity index (χ1) is 12.7. The quantitative estimate of drug-likeness (QED) is 0.497. The van der Waals surface area contributed by atoms with Gasteiger partial charge in [-0.15, -0.1) is 36.2 Å². The van der Waals surface area contributed by atoms with E-state index in [-0.39, 0.29) is 24.8 Å². The molecule has 0 aliphatic heterocycles. The molecule has 3 aromatic rings. The van der Waals surface area contributed by atoms with Crippen LogP contribution in [0.15, 0.2) is 54.0 Å². The topological polar surface area (TPSA) is 51.4 Å². The summed E-state index contributed by atoms with van der Waals surface area (Å²) >= 11 is 8.01. The third-order valence-electron chi connectivity index (χ3n) is 4.01. The molecule has 152 valence electrons. The average Bonchev–Trinajstić information content (AvgIpc) is 3.15. The van der Waals surface area contributed by atoms with E-state index in [4.69, 9.17) is 22.1 Å². The van der Waals surface area contributed by atoms with E-state index < -0.39 is 0 Å². The van der Waals surface area contributed by atoms with Gasteiger partial charge in [0.25, 0.3) is 0 Å². The number of halogens is 3. The Bertz CT molecular complexity index is 846. The maximum Gasteiger partial charge on any atom is 0.124 e. The van der Waals surface area contributed by atoms with Gasteiger partial charge < -0.3 is 15.4 Å². The van der Waals surface area contributed by atoms with Crippen molar-refractivity contribution in [3.05, 3.63) is 70.2 Å². The highest BCUT2D eigenvalue weighted by Gasteiger charge is 2.09. The lowest BCUT2D eigenvalue weighted by atomic mass is 10.1. The minimum Gasteiger partial charge on any atom is -0.489 e. The predicted molar refractivity (Wildman–Crippen MR) is 123 cm³/mol. The summed E-state index contributed by atoms with van der Waals surface area (Å²) in [4.78, 5) is 6.50. The molecule has 0 aliphatic rings. The fourth-order valence-corrected chi connectivity index (χ4v) is 3.73. The fourth-order valence-electron chi connectivity index (χ4n) is 2.70. The normalized spacial score (nSPS) is 10.3. The SMILES string of the molecule is CN(CCN)Cc1ccccc1OCc1ccc(-c2nccs2)c(Cl)c1.Cl.Cl. The maximum absolute atomic E-state index is 6.43. The Morgan fingerprint density at radius 3 is 2.64 bits per heavy atom. The predicted octanol–water partition coefficient (Wildman–Crippen LogP) is 5.28. The van der Waals surface area contributed by atoms with Crippen LogP contribution in [0.3, 0.4) is 0 Å². The van der Waals surface area contributed by atoms with Crippen molar-refractivity contribution in [3.63, 3.8) is 0 Å². The number of aromatic nitrogens is 1. The first kappa shape index (κ1) is 24.7. The standard InChI is InChI=1S/C20H22ClN3OS.2ClH/c1-24(10-8-22)13-16-4-2-3-5-19(16)25-14-15-6-7-17(18(21)12-15)20-23-9-11-26-20;;/h2-7,9,11-12H,8,10,13-14,22H2,1H3;2*1H. The van der Waals surface area contributed by atoms with Gasteiger partial charge in [0, 0.05) is 42.3 Å². The number of ether oxygens (including phenoxy) is 1. The van der Waals surface area contributed by atoms with E-state index in [9.17, 15) is 0 Å². The average molecular weight is 461 g/mol. The number of nitrogens with zero attached hydrogens (tertiary/aromatic N) is 2. The molecule has 0 saturated heterocycles. The molecule has 0 aliphatic carbocycles. The first-order valence-corrected chi connectivity index (χ1v) is 9.70. The number of benzene rings is 2. The van der Waals surface area contributed by atoms with Gasteiger partial charge in [0.2, 0.25) is 0 Å². The van der Waals surface area contributed by atoms with Crippen molar-refractivity contribution in [1.29, 1.82) is 0 Å². The molecule has 28 heavy (non-hydrogen) atoms. The van der Waals surface area contributed by atoms with Gasteiger partial charge in [0.15, 0.2) is 0 Å². The molecule has 3 rings (SSSR count). The van der Waals surface area contributed by atoms with Crippen LogP contribution in [0.25, 0.3) is 10.6 Å². The van der Waals surface area contributed by atoms with Crippen molar-refractivity contribution in [2.45, 2.75) is 13.2 Å². The maximum atomic E-state index is 6.43. The van der Waals surface area contributed by atoms with Gasteiger partial charge in [-0.3, -0.25) is 0 Å². The molecule has 1 heterocycles. The van der Waals surface area contributed by atoms with E-state index >= 15 is 0 Å². The zero-order valence-corrected chi connectivity index (χ0v) is 18.7. The molecule has 1 aromatic heterocycles. The Labute approximate surface area is 187 Å². The number of thiazole rings is 1. The van der Waals surface area contributed by atoms with Crippen LogP contribution >= 0.6 is 47.8 Å². The number of para-hydroxylation sites is 1. The third-order valence-corrected chi connectivity index (χ3v) is 5.13. The number of nitrogens with two attached hydrogens (primary N) is 1. The summed E-state index contributed by atoms with van der Waals surface area (Å²) in [6.45, 7) is 2.76. The van der Waals surface area contributed by atoms with Gasteiger partial charge in [-0.1, -0.05) is 41.9 Å². The Kier molecular flexibility index (Phi) is 10.8. The van der Waals surface area contributed by atoms with Gasteiger partial charge in [-0.05, 0) is 24.7 Å². The van der Waals surface area contributed by atoms with E-state index in [0.29, 0.717) is 18.2 Å². The number of hydrogen-bond acceptors (Lipinski definition) is 5. The van der Waals surface area contributed by atoms with E-state index in [1.54, 1.807) is 17.5 Å².